The van der Waals surface area contributed by atoms with Crippen LogP contribution in [0.4, 0.5) is 8.78 Å². The van der Waals surface area contributed by atoms with Crippen molar-refractivity contribution in [1.82, 2.24) is 8.87 Å². The van der Waals surface area contributed by atoms with E-state index in [4.69, 9.17) is 4.42 Å². The zero-order valence-corrected chi connectivity index (χ0v) is 17.1. The van der Waals surface area contributed by atoms with Gasteiger partial charge in [0.1, 0.15) is 11.6 Å². The summed E-state index contributed by atoms with van der Waals surface area (Å²) in [6.07, 6.45) is 0.358. The second-order valence-electron chi connectivity index (χ2n) is 6.77. The Bertz CT molecular complexity index is 1240. The van der Waals surface area contributed by atoms with Gasteiger partial charge >= 0.3 is 5.76 Å². The summed E-state index contributed by atoms with van der Waals surface area (Å²) >= 11 is 1.41. The molecule has 1 aliphatic rings. The summed E-state index contributed by atoms with van der Waals surface area (Å²) in [6, 6.07) is 7.61. The van der Waals surface area contributed by atoms with E-state index in [0.29, 0.717) is 23.3 Å². The monoisotopic (exact) mass is 440 g/mol. The van der Waals surface area contributed by atoms with Gasteiger partial charge in [-0.2, -0.15) is 16.1 Å². The highest BCUT2D eigenvalue weighted by Crippen LogP contribution is 2.37. The van der Waals surface area contributed by atoms with Crippen LogP contribution in [0.1, 0.15) is 17.2 Å². The number of halogens is 2. The van der Waals surface area contributed by atoms with Crippen molar-refractivity contribution in [2.75, 3.05) is 18.8 Å². The Morgan fingerprint density at radius 1 is 1.14 bits per heavy atom. The molecule has 4 rings (SSSR count). The molecule has 1 aliphatic heterocycles. The summed E-state index contributed by atoms with van der Waals surface area (Å²) in [4.78, 5) is 11.7. The molecule has 154 valence electrons. The van der Waals surface area contributed by atoms with Crippen LogP contribution in [0.15, 0.2) is 50.5 Å². The molecule has 0 bridgehead atoms. The van der Waals surface area contributed by atoms with E-state index in [9.17, 15) is 22.0 Å². The van der Waals surface area contributed by atoms with Gasteiger partial charge in [0.05, 0.1) is 10.4 Å². The number of aryl methyl sites for hydroxylation is 1. The minimum Gasteiger partial charge on any atom is -0.408 e. The van der Waals surface area contributed by atoms with E-state index in [1.165, 1.54) is 51.9 Å². The van der Waals surface area contributed by atoms with Crippen LogP contribution in [0, 0.1) is 11.6 Å². The fourth-order valence-corrected chi connectivity index (χ4v) is 6.25. The highest BCUT2D eigenvalue weighted by molar-refractivity contribution is 7.99. The van der Waals surface area contributed by atoms with E-state index in [-0.39, 0.29) is 28.8 Å². The molecule has 2 heterocycles. The second-order valence-corrected chi connectivity index (χ2v) is 10.0. The standard InChI is InChI=1S/C19H18F2N2O4S2/c1-22-16-11-13(3-5-17(16)27-19(22)24)29(25,26)23-7-6-18(28-9-8-23)14-10-12(20)2-4-15(14)21/h2-5,10-11,18H,6-9H2,1H3/t18-/m1/s1. The van der Waals surface area contributed by atoms with Crippen molar-refractivity contribution in [2.24, 2.45) is 7.05 Å². The lowest BCUT2D eigenvalue weighted by Crippen LogP contribution is -2.33. The van der Waals surface area contributed by atoms with Gasteiger partial charge < -0.3 is 4.42 Å². The zero-order chi connectivity index (χ0) is 20.8. The summed E-state index contributed by atoms with van der Waals surface area (Å²) in [7, 11) is -2.31. The molecule has 1 atom stereocenters. The average molecular weight is 440 g/mol. The number of nitrogens with zero attached hydrogens (tertiary/aromatic N) is 2. The summed E-state index contributed by atoms with van der Waals surface area (Å²) in [5, 5.41) is -0.330. The zero-order valence-electron chi connectivity index (χ0n) is 15.5. The largest absolute Gasteiger partial charge is 0.419 e. The maximum Gasteiger partial charge on any atom is 0.419 e. The van der Waals surface area contributed by atoms with Gasteiger partial charge in [-0.1, -0.05) is 0 Å². The first-order chi connectivity index (χ1) is 13.8. The van der Waals surface area contributed by atoms with Crippen molar-refractivity contribution in [1.29, 1.82) is 0 Å². The maximum absolute atomic E-state index is 14.1. The molecule has 6 nitrogen and oxygen atoms in total. The van der Waals surface area contributed by atoms with Crippen LogP contribution in [0.3, 0.4) is 0 Å². The summed E-state index contributed by atoms with van der Waals surface area (Å²) < 4.78 is 61.6. The first kappa shape index (κ1) is 20.1. The molecule has 0 saturated carbocycles. The number of rotatable bonds is 3. The Kier molecular flexibility index (Phi) is 5.26. The number of oxazole rings is 1. The first-order valence-corrected chi connectivity index (χ1v) is 11.4. The van der Waals surface area contributed by atoms with E-state index >= 15 is 0 Å². The molecule has 0 N–H and O–H groups in total. The number of fused-ring (bicyclic) bond motifs is 1. The van der Waals surface area contributed by atoms with Crippen molar-refractivity contribution < 1.29 is 21.6 Å². The molecule has 1 saturated heterocycles. The van der Waals surface area contributed by atoms with Crippen molar-refractivity contribution in [3.05, 3.63) is 64.1 Å². The number of aromatic nitrogens is 1. The molecule has 10 heteroatoms. The second kappa shape index (κ2) is 7.58. The Morgan fingerprint density at radius 3 is 2.72 bits per heavy atom. The molecular weight excluding hydrogens is 422 g/mol. The lowest BCUT2D eigenvalue weighted by molar-refractivity contribution is 0.426. The van der Waals surface area contributed by atoms with Crippen LogP contribution in [0.2, 0.25) is 0 Å². The van der Waals surface area contributed by atoms with Gasteiger partial charge in [0.25, 0.3) is 0 Å². The van der Waals surface area contributed by atoms with Crippen molar-refractivity contribution in [2.45, 2.75) is 16.6 Å². The van der Waals surface area contributed by atoms with Crippen LogP contribution in [0.25, 0.3) is 11.1 Å². The predicted molar refractivity (Wildman–Crippen MR) is 106 cm³/mol. The highest BCUT2D eigenvalue weighted by Gasteiger charge is 2.30. The van der Waals surface area contributed by atoms with Gasteiger partial charge in [-0.25, -0.2) is 22.0 Å². The number of hydrogen-bond acceptors (Lipinski definition) is 5. The third-order valence-electron chi connectivity index (χ3n) is 5.01. The van der Waals surface area contributed by atoms with E-state index in [1.807, 2.05) is 0 Å². The molecule has 0 spiro atoms. The maximum atomic E-state index is 14.1. The Balaban J connectivity index is 1.61. The smallest absolute Gasteiger partial charge is 0.408 e. The fourth-order valence-electron chi connectivity index (χ4n) is 3.42. The predicted octanol–water partition coefficient (Wildman–Crippen LogP) is 3.28. The van der Waals surface area contributed by atoms with E-state index < -0.39 is 27.4 Å². The third-order valence-corrected chi connectivity index (χ3v) is 8.21. The topological polar surface area (TPSA) is 72.5 Å². The minimum absolute atomic E-state index is 0.0572. The quantitative estimate of drug-likeness (QED) is 0.625. The van der Waals surface area contributed by atoms with Crippen molar-refractivity contribution in [3.63, 3.8) is 0 Å². The number of benzene rings is 2. The van der Waals surface area contributed by atoms with E-state index in [0.717, 1.165) is 12.1 Å². The molecule has 29 heavy (non-hydrogen) atoms. The molecule has 3 aromatic rings. The van der Waals surface area contributed by atoms with Crippen molar-refractivity contribution in [3.8, 4) is 0 Å². The normalized spacial score (nSPS) is 18.8. The molecule has 2 aromatic carbocycles. The fraction of sp³-hybridized carbons (Fsp3) is 0.316. The van der Waals surface area contributed by atoms with Crippen LogP contribution in [-0.4, -0.2) is 36.1 Å². The first-order valence-electron chi connectivity index (χ1n) is 8.93. The number of thioether (sulfide) groups is 1. The lowest BCUT2D eigenvalue weighted by atomic mass is 10.1. The van der Waals surface area contributed by atoms with Crippen LogP contribution < -0.4 is 5.76 Å². The highest BCUT2D eigenvalue weighted by atomic mass is 32.2. The summed E-state index contributed by atoms with van der Waals surface area (Å²) in [5.74, 6) is -1.13. The van der Waals surface area contributed by atoms with E-state index in [1.54, 1.807) is 0 Å². The Morgan fingerprint density at radius 2 is 1.93 bits per heavy atom. The third kappa shape index (κ3) is 3.72. The number of sulfonamides is 1. The van der Waals surface area contributed by atoms with Crippen LogP contribution >= 0.6 is 11.8 Å². The van der Waals surface area contributed by atoms with Gasteiger partial charge in [0.15, 0.2) is 5.58 Å². The molecule has 1 aromatic heterocycles. The average Bonchev–Trinajstić information content (AvgIpc) is 2.87. The van der Waals surface area contributed by atoms with Crippen LogP contribution in [0.5, 0.6) is 0 Å². The SMILES string of the molecule is Cn1c(=O)oc2ccc(S(=O)(=O)N3CCS[C@@H](c4cc(F)ccc4F)CC3)cc21. The minimum atomic E-state index is -3.81. The Labute approximate surface area is 170 Å². The number of hydrogen-bond donors (Lipinski definition) is 0. The molecule has 0 amide bonds. The molecule has 0 aliphatic carbocycles. The lowest BCUT2D eigenvalue weighted by Gasteiger charge is -2.20. The summed E-state index contributed by atoms with van der Waals surface area (Å²) in [6.45, 7) is 0.432. The van der Waals surface area contributed by atoms with Gasteiger partial charge in [0, 0.05) is 36.7 Å². The molecule has 0 unspecified atom stereocenters. The Hall–Kier alpha value is -2.17. The molecule has 1 fully saturated rings. The van der Waals surface area contributed by atoms with Crippen molar-refractivity contribution >= 4 is 32.9 Å². The van der Waals surface area contributed by atoms with E-state index in [2.05, 4.69) is 0 Å². The van der Waals surface area contributed by atoms with Crippen LogP contribution in [-0.2, 0) is 17.1 Å². The van der Waals surface area contributed by atoms with Gasteiger partial charge in [0.2, 0.25) is 10.0 Å². The van der Waals surface area contributed by atoms with Gasteiger partial charge in [-0.15, -0.1) is 0 Å². The van der Waals surface area contributed by atoms with Gasteiger partial charge in [-0.05, 0) is 42.8 Å². The van der Waals surface area contributed by atoms with Gasteiger partial charge in [-0.3, -0.25) is 4.57 Å². The molecule has 0 radical (unpaired) electrons. The summed E-state index contributed by atoms with van der Waals surface area (Å²) in [5.41, 5.74) is 0.952. The molecular formula is C19H18F2N2O4S2.